The fraction of sp³-hybridized carbons (Fsp3) is 0.321. The lowest BCUT2D eigenvalue weighted by Crippen LogP contribution is -2.33. The second-order valence-corrected chi connectivity index (χ2v) is 9.63. The van der Waals surface area contributed by atoms with Crippen molar-refractivity contribution in [3.8, 4) is 11.1 Å². The molecule has 180 valence electrons. The van der Waals surface area contributed by atoms with Crippen molar-refractivity contribution >= 4 is 22.6 Å². The molecule has 2 unspecified atom stereocenters. The van der Waals surface area contributed by atoms with Crippen LogP contribution in [0.5, 0.6) is 0 Å². The molecule has 2 aromatic heterocycles. The zero-order chi connectivity index (χ0) is 24.4. The van der Waals surface area contributed by atoms with E-state index in [2.05, 4.69) is 52.7 Å². The van der Waals surface area contributed by atoms with Gasteiger partial charge in [0, 0.05) is 35.0 Å². The van der Waals surface area contributed by atoms with E-state index in [0.29, 0.717) is 18.3 Å². The Morgan fingerprint density at radius 3 is 2.46 bits per heavy atom. The molecule has 35 heavy (non-hydrogen) atoms. The SMILES string of the molecule is NCC(c1ccccc1)C(c1cc(-c2ccc3c(N)n[nH]c3c2)ccn1)C1CCC(C(N)=O)CC1. The van der Waals surface area contributed by atoms with Gasteiger partial charge in [-0.25, -0.2) is 0 Å². The summed E-state index contributed by atoms with van der Waals surface area (Å²) in [6.07, 6.45) is 5.40. The maximum atomic E-state index is 11.8. The first-order chi connectivity index (χ1) is 17.0. The van der Waals surface area contributed by atoms with E-state index in [4.69, 9.17) is 22.2 Å². The third-order valence-electron chi connectivity index (χ3n) is 7.65. The lowest BCUT2D eigenvalue weighted by Gasteiger charge is -2.37. The maximum Gasteiger partial charge on any atom is 0.220 e. The normalized spacial score (nSPS) is 19.9. The highest BCUT2D eigenvalue weighted by Gasteiger charge is 2.36. The minimum Gasteiger partial charge on any atom is -0.382 e. The maximum absolute atomic E-state index is 11.8. The number of nitrogen functional groups attached to an aromatic ring is 1. The Morgan fingerprint density at radius 2 is 1.74 bits per heavy atom. The second kappa shape index (κ2) is 9.88. The number of carbonyl (C=O) groups excluding carboxylic acids is 1. The number of nitrogens with two attached hydrogens (primary N) is 3. The standard InChI is InChI=1S/C28H32N6O/c29-16-23(17-4-2-1-3-5-17)26(18-6-8-19(9-7-18)28(31)35)25-15-21(12-13-32-25)20-10-11-22-24(14-20)33-34-27(22)30/h1-5,10-15,18-19,23,26H,6-9,16,29H2,(H2,31,35)(H3,30,33,34). The van der Waals surface area contributed by atoms with Crippen LogP contribution in [0.3, 0.4) is 0 Å². The van der Waals surface area contributed by atoms with Crippen molar-refractivity contribution in [2.75, 3.05) is 12.3 Å². The average molecular weight is 469 g/mol. The van der Waals surface area contributed by atoms with Crippen molar-refractivity contribution in [3.05, 3.63) is 78.1 Å². The number of pyridine rings is 1. The molecule has 0 radical (unpaired) electrons. The van der Waals surface area contributed by atoms with E-state index >= 15 is 0 Å². The first kappa shape index (κ1) is 23.1. The Hall–Kier alpha value is -3.71. The summed E-state index contributed by atoms with van der Waals surface area (Å²) in [7, 11) is 0. The molecule has 0 saturated heterocycles. The quantitative estimate of drug-likeness (QED) is 0.320. The van der Waals surface area contributed by atoms with Gasteiger partial charge in [0.25, 0.3) is 0 Å². The van der Waals surface area contributed by atoms with Crippen LogP contribution < -0.4 is 17.2 Å². The number of H-pyrrole nitrogens is 1. The van der Waals surface area contributed by atoms with Crippen LogP contribution >= 0.6 is 0 Å². The van der Waals surface area contributed by atoms with Gasteiger partial charge in [0.1, 0.15) is 0 Å². The summed E-state index contributed by atoms with van der Waals surface area (Å²) in [5.41, 5.74) is 23.3. The van der Waals surface area contributed by atoms with E-state index in [1.54, 1.807) is 0 Å². The zero-order valence-electron chi connectivity index (χ0n) is 19.7. The molecule has 2 aromatic carbocycles. The molecule has 1 aliphatic carbocycles. The van der Waals surface area contributed by atoms with Gasteiger partial charge in [0.15, 0.2) is 5.82 Å². The Balaban J connectivity index is 1.53. The molecular weight excluding hydrogens is 436 g/mol. The number of primary amides is 1. The average Bonchev–Trinajstić information content (AvgIpc) is 3.27. The summed E-state index contributed by atoms with van der Waals surface area (Å²) in [5.74, 6) is 0.923. The van der Waals surface area contributed by atoms with Crippen LogP contribution in [0.4, 0.5) is 5.82 Å². The Labute approximate surface area is 205 Å². The van der Waals surface area contributed by atoms with E-state index in [1.807, 2.05) is 24.4 Å². The van der Waals surface area contributed by atoms with Crippen LogP contribution in [0.2, 0.25) is 0 Å². The first-order valence-electron chi connectivity index (χ1n) is 12.3. The third-order valence-corrected chi connectivity index (χ3v) is 7.65. The molecule has 0 spiro atoms. The predicted molar refractivity (Wildman–Crippen MR) is 139 cm³/mol. The number of aromatic nitrogens is 3. The van der Waals surface area contributed by atoms with E-state index in [1.165, 1.54) is 5.56 Å². The van der Waals surface area contributed by atoms with Crippen molar-refractivity contribution in [2.45, 2.75) is 37.5 Å². The van der Waals surface area contributed by atoms with Crippen LogP contribution in [-0.2, 0) is 4.79 Å². The summed E-state index contributed by atoms with van der Waals surface area (Å²) in [6, 6.07) is 20.8. The fourth-order valence-electron chi connectivity index (χ4n) is 5.76. The number of amides is 1. The number of rotatable bonds is 7. The molecule has 1 saturated carbocycles. The largest absolute Gasteiger partial charge is 0.382 e. The number of hydrogen-bond donors (Lipinski definition) is 4. The van der Waals surface area contributed by atoms with Crippen LogP contribution in [-0.4, -0.2) is 27.6 Å². The van der Waals surface area contributed by atoms with Gasteiger partial charge >= 0.3 is 0 Å². The highest BCUT2D eigenvalue weighted by Crippen LogP contribution is 2.45. The van der Waals surface area contributed by atoms with Crippen molar-refractivity contribution in [1.82, 2.24) is 15.2 Å². The van der Waals surface area contributed by atoms with Gasteiger partial charge in [-0.1, -0.05) is 36.4 Å². The van der Waals surface area contributed by atoms with Crippen molar-refractivity contribution in [2.24, 2.45) is 23.3 Å². The molecule has 4 aromatic rings. The molecule has 1 fully saturated rings. The van der Waals surface area contributed by atoms with Crippen LogP contribution in [0.25, 0.3) is 22.0 Å². The van der Waals surface area contributed by atoms with E-state index in [-0.39, 0.29) is 23.7 Å². The summed E-state index contributed by atoms with van der Waals surface area (Å²) in [4.78, 5) is 16.7. The molecule has 1 aliphatic rings. The van der Waals surface area contributed by atoms with Crippen molar-refractivity contribution < 1.29 is 4.79 Å². The smallest absolute Gasteiger partial charge is 0.220 e. The van der Waals surface area contributed by atoms with Gasteiger partial charge in [-0.3, -0.25) is 14.9 Å². The third kappa shape index (κ3) is 4.64. The first-order valence-corrected chi connectivity index (χ1v) is 12.3. The highest BCUT2D eigenvalue weighted by atomic mass is 16.1. The number of anilines is 1. The Bertz CT molecular complexity index is 1310. The minimum atomic E-state index is -0.187. The summed E-state index contributed by atoms with van der Waals surface area (Å²) >= 11 is 0. The number of carbonyl (C=O) groups is 1. The molecule has 0 bridgehead atoms. The number of aromatic amines is 1. The molecule has 2 atom stereocenters. The minimum absolute atomic E-state index is 0.0344. The van der Waals surface area contributed by atoms with E-state index in [9.17, 15) is 4.79 Å². The van der Waals surface area contributed by atoms with Crippen molar-refractivity contribution in [1.29, 1.82) is 0 Å². The Kier molecular flexibility index (Phi) is 6.51. The van der Waals surface area contributed by atoms with Crippen LogP contribution in [0.15, 0.2) is 66.9 Å². The predicted octanol–water partition coefficient (Wildman–Crippen LogP) is 4.32. The number of nitrogens with zero attached hydrogens (tertiary/aromatic N) is 2. The fourth-order valence-corrected chi connectivity index (χ4v) is 5.76. The van der Waals surface area contributed by atoms with E-state index < -0.39 is 0 Å². The van der Waals surface area contributed by atoms with Gasteiger partial charge in [-0.15, -0.1) is 0 Å². The second-order valence-electron chi connectivity index (χ2n) is 9.63. The summed E-state index contributed by atoms with van der Waals surface area (Å²) in [5, 5.41) is 8.04. The van der Waals surface area contributed by atoms with Gasteiger partial charge in [-0.05, 0) is 79.1 Å². The lowest BCUT2D eigenvalue weighted by atomic mass is 9.68. The molecule has 7 N–H and O–H groups in total. The topological polar surface area (TPSA) is 137 Å². The molecule has 1 amide bonds. The summed E-state index contributed by atoms with van der Waals surface area (Å²) in [6.45, 7) is 0.524. The number of fused-ring (bicyclic) bond motifs is 1. The highest BCUT2D eigenvalue weighted by molar-refractivity contribution is 5.91. The number of benzene rings is 2. The molecule has 0 aliphatic heterocycles. The molecule has 7 heteroatoms. The van der Waals surface area contributed by atoms with Gasteiger partial charge in [0.05, 0.1) is 5.52 Å². The summed E-state index contributed by atoms with van der Waals surface area (Å²) < 4.78 is 0. The lowest BCUT2D eigenvalue weighted by molar-refractivity contribution is -0.123. The molecule has 7 nitrogen and oxygen atoms in total. The van der Waals surface area contributed by atoms with Gasteiger partial charge in [0.2, 0.25) is 5.91 Å². The van der Waals surface area contributed by atoms with E-state index in [0.717, 1.165) is 53.4 Å². The molecule has 5 rings (SSSR count). The Morgan fingerprint density at radius 1 is 1.00 bits per heavy atom. The monoisotopic (exact) mass is 468 g/mol. The van der Waals surface area contributed by atoms with Crippen LogP contribution in [0.1, 0.15) is 48.8 Å². The number of hydrogen-bond acceptors (Lipinski definition) is 5. The van der Waals surface area contributed by atoms with Gasteiger partial charge < -0.3 is 17.2 Å². The van der Waals surface area contributed by atoms with Crippen LogP contribution in [0, 0.1) is 11.8 Å². The number of nitrogens with one attached hydrogen (secondary N) is 1. The van der Waals surface area contributed by atoms with Crippen molar-refractivity contribution in [3.63, 3.8) is 0 Å². The molecular formula is C28H32N6O. The van der Waals surface area contributed by atoms with Gasteiger partial charge in [-0.2, -0.15) is 5.10 Å². The zero-order valence-corrected chi connectivity index (χ0v) is 19.7. The molecule has 2 heterocycles.